The van der Waals surface area contributed by atoms with E-state index in [0.717, 1.165) is 45.2 Å². The number of fused-ring (bicyclic) bond motifs is 1. The number of hydrogen-bond donors (Lipinski definition) is 3. The Kier molecular flexibility index (Phi) is 7.70. The van der Waals surface area contributed by atoms with E-state index in [2.05, 4.69) is 62.8 Å². The Morgan fingerprint density at radius 1 is 0.900 bits per heavy atom. The number of anilines is 4. The fourth-order valence-electron chi connectivity index (χ4n) is 4.52. The first-order valence-electron chi connectivity index (χ1n) is 13.0. The van der Waals surface area contributed by atoms with Gasteiger partial charge in [0.1, 0.15) is 15.4 Å². The summed E-state index contributed by atoms with van der Waals surface area (Å²) in [6.45, 7) is 2.75. The Balaban J connectivity index is 1.41. The van der Waals surface area contributed by atoms with Crippen molar-refractivity contribution in [2.24, 2.45) is 7.05 Å². The smallest absolute Gasteiger partial charge is 0.227 e. The normalized spacial score (nSPS) is 11.5. The summed E-state index contributed by atoms with van der Waals surface area (Å²) in [7, 11) is 0.883. The Bertz CT molecular complexity index is 1750. The number of benzene rings is 3. The third-order valence-electron chi connectivity index (χ3n) is 6.78. The highest BCUT2D eigenvalue weighted by Crippen LogP contribution is 2.35. The summed E-state index contributed by atoms with van der Waals surface area (Å²) in [5.41, 5.74) is 8.54. The van der Waals surface area contributed by atoms with Crippen LogP contribution in [-0.4, -0.2) is 47.0 Å². The van der Waals surface area contributed by atoms with Gasteiger partial charge in [-0.2, -0.15) is 0 Å². The molecular weight excluding hydrogens is 522 g/mol. The van der Waals surface area contributed by atoms with Crippen molar-refractivity contribution in [2.45, 2.75) is 19.9 Å². The highest BCUT2D eigenvalue weighted by Gasteiger charge is 2.18. The molecule has 0 aliphatic heterocycles. The van der Waals surface area contributed by atoms with Gasteiger partial charge in [-0.3, -0.25) is 0 Å². The lowest BCUT2D eigenvalue weighted by Crippen LogP contribution is -2.05. The molecule has 0 radical (unpaired) electrons. The van der Waals surface area contributed by atoms with Crippen molar-refractivity contribution in [3.8, 4) is 11.3 Å². The van der Waals surface area contributed by atoms with E-state index in [1.807, 2.05) is 50.5 Å². The zero-order valence-electron chi connectivity index (χ0n) is 23.1. The van der Waals surface area contributed by atoms with Gasteiger partial charge in [0.25, 0.3) is 0 Å². The number of sulfone groups is 1. The van der Waals surface area contributed by atoms with Crippen molar-refractivity contribution in [3.05, 3.63) is 89.6 Å². The molecule has 0 fully saturated rings. The fourth-order valence-corrected chi connectivity index (χ4v) is 5.12. The minimum absolute atomic E-state index is 0.126. The summed E-state index contributed by atoms with van der Waals surface area (Å²) in [6.07, 6.45) is 3.46. The van der Waals surface area contributed by atoms with Crippen LogP contribution in [0.4, 0.5) is 23.3 Å². The maximum absolute atomic E-state index is 11.5. The van der Waals surface area contributed by atoms with Crippen LogP contribution in [0.5, 0.6) is 0 Å². The van der Waals surface area contributed by atoms with Crippen LogP contribution >= 0.6 is 0 Å². The van der Waals surface area contributed by atoms with E-state index in [4.69, 9.17) is 9.97 Å². The first-order valence-corrected chi connectivity index (χ1v) is 15.1. The van der Waals surface area contributed by atoms with Crippen LogP contribution in [0.15, 0.2) is 72.9 Å². The summed E-state index contributed by atoms with van der Waals surface area (Å²) in [4.78, 5) is 14.2. The average molecular weight is 556 g/mol. The molecule has 0 saturated carbocycles. The quantitative estimate of drug-likeness (QED) is 0.212. The number of aryl methyl sites for hydroxylation is 3. The average Bonchev–Trinajstić information content (AvgIpc) is 3.26. The molecule has 2 heterocycles. The minimum Gasteiger partial charge on any atom is -0.388 e. The maximum Gasteiger partial charge on any atom is 0.227 e. The third-order valence-corrected chi connectivity index (χ3v) is 7.72. The lowest BCUT2D eigenvalue weighted by Gasteiger charge is -2.12. The van der Waals surface area contributed by atoms with E-state index < -0.39 is 9.84 Å². The molecule has 5 aromatic rings. The summed E-state index contributed by atoms with van der Waals surface area (Å²) in [6, 6.07) is 22.1. The lowest BCUT2D eigenvalue weighted by atomic mass is 10.1. The summed E-state index contributed by atoms with van der Waals surface area (Å²) in [5, 5.41) is 10.0. The number of rotatable bonds is 10. The fraction of sp³-hybridized carbons (Fsp3) is 0.233. The molecular formula is C30H33N7O2S. The van der Waals surface area contributed by atoms with Crippen molar-refractivity contribution < 1.29 is 8.42 Å². The molecule has 0 amide bonds. The monoisotopic (exact) mass is 555 g/mol. The molecule has 10 heteroatoms. The number of aromatic nitrogens is 4. The van der Waals surface area contributed by atoms with Crippen LogP contribution in [0.3, 0.4) is 0 Å². The Morgan fingerprint density at radius 3 is 2.33 bits per heavy atom. The third kappa shape index (κ3) is 6.23. The van der Waals surface area contributed by atoms with Crippen molar-refractivity contribution in [1.82, 2.24) is 19.5 Å². The van der Waals surface area contributed by atoms with Crippen molar-refractivity contribution in [1.29, 1.82) is 0 Å². The van der Waals surface area contributed by atoms with E-state index in [1.165, 1.54) is 17.4 Å². The molecule has 206 valence electrons. The predicted molar refractivity (Wildman–Crippen MR) is 163 cm³/mol. The van der Waals surface area contributed by atoms with Crippen LogP contribution in [0.1, 0.15) is 16.7 Å². The standard InChI is InChI=1S/C30H33N7O2S/c1-20-5-7-22(8-6-20)19-33-30-36-28-26(37(30)3)14-13-24(31-2)27(28)25-15-17-32-29(35-25)34-23-11-9-21(10-12-23)16-18-40(4,38)39/h5-15,17,31H,16,18-19H2,1-4H3,(H,33,36)(H,32,34,35). The largest absolute Gasteiger partial charge is 0.388 e. The van der Waals surface area contributed by atoms with Crippen LogP contribution in [0.2, 0.25) is 0 Å². The molecule has 3 aromatic carbocycles. The van der Waals surface area contributed by atoms with Crippen LogP contribution in [0.25, 0.3) is 22.3 Å². The van der Waals surface area contributed by atoms with E-state index in [9.17, 15) is 8.42 Å². The molecule has 0 aliphatic rings. The summed E-state index contributed by atoms with van der Waals surface area (Å²) >= 11 is 0. The highest BCUT2D eigenvalue weighted by atomic mass is 32.2. The first-order chi connectivity index (χ1) is 19.2. The van der Waals surface area contributed by atoms with Gasteiger partial charge in [0.2, 0.25) is 11.9 Å². The lowest BCUT2D eigenvalue weighted by molar-refractivity contribution is 0.601. The van der Waals surface area contributed by atoms with Crippen LogP contribution in [0, 0.1) is 6.92 Å². The zero-order chi connectivity index (χ0) is 28.3. The summed E-state index contributed by atoms with van der Waals surface area (Å²) in [5.74, 6) is 1.35. The van der Waals surface area contributed by atoms with E-state index in [1.54, 1.807) is 6.20 Å². The second-order valence-corrected chi connectivity index (χ2v) is 12.2. The number of nitrogens with zero attached hydrogens (tertiary/aromatic N) is 4. The Hall–Kier alpha value is -4.44. The molecule has 0 unspecified atom stereocenters. The molecule has 9 nitrogen and oxygen atoms in total. The molecule has 0 bridgehead atoms. The Morgan fingerprint density at radius 2 is 1.62 bits per heavy atom. The van der Waals surface area contributed by atoms with Crippen LogP contribution in [-0.2, 0) is 29.9 Å². The molecule has 5 rings (SSSR count). The predicted octanol–water partition coefficient (Wildman–Crippen LogP) is 5.32. The minimum atomic E-state index is -3.00. The van der Waals surface area contributed by atoms with Gasteiger partial charge in [-0.25, -0.2) is 23.4 Å². The van der Waals surface area contributed by atoms with E-state index in [0.29, 0.717) is 18.9 Å². The molecule has 40 heavy (non-hydrogen) atoms. The second kappa shape index (κ2) is 11.4. The SMILES string of the molecule is CNc1ccc2c(nc(NCc3ccc(C)cc3)n2C)c1-c1ccnc(Nc2ccc(CCS(C)(=O)=O)cc2)n1. The van der Waals surface area contributed by atoms with Crippen molar-refractivity contribution in [2.75, 3.05) is 35.0 Å². The molecule has 0 aliphatic carbocycles. The van der Waals surface area contributed by atoms with Gasteiger partial charge in [0, 0.05) is 44.5 Å². The number of hydrogen-bond acceptors (Lipinski definition) is 8. The van der Waals surface area contributed by atoms with E-state index in [-0.39, 0.29) is 5.75 Å². The Labute approximate surface area is 234 Å². The zero-order valence-corrected chi connectivity index (χ0v) is 23.9. The second-order valence-electron chi connectivity index (χ2n) is 9.91. The van der Waals surface area contributed by atoms with E-state index >= 15 is 0 Å². The maximum atomic E-state index is 11.5. The molecule has 2 aromatic heterocycles. The highest BCUT2D eigenvalue weighted by molar-refractivity contribution is 7.90. The summed E-state index contributed by atoms with van der Waals surface area (Å²) < 4.78 is 25.0. The molecule has 3 N–H and O–H groups in total. The number of imidazole rings is 1. The van der Waals surface area contributed by atoms with Crippen molar-refractivity contribution in [3.63, 3.8) is 0 Å². The first kappa shape index (κ1) is 27.1. The van der Waals surface area contributed by atoms with Gasteiger partial charge in [-0.15, -0.1) is 0 Å². The van der Waals surface area contributed by atoms with Gasteiger partial charge >= 0.3 is 0 Å². The van der Waals surface area contributed by atoms with Gasteiger partial charge in [0.05, 0.1) is 22.5 Å². The van der Waals surface area contributed by atoms with Gasteiger partial charge < -0.3 is 20.5 Å². The number of nitrogens with one attached hydrogen (secondary N) is 3. The van der Waals surface area contributed by atoms with Gasteiger partial charge in [-0.1, -0.05) is 42.0 Å². The molecule has 0 saturated heterocycles. The van der Waals surface area contributed by atoms with Crippen LogP contribution < -0.4 is 16.0 Å². The molecule has 0 spiro atoms. The van der Waals surface area contributed by atoms with Gasteiger partial charge in [0.15, 0.2) is 0 Å². The molecule has 0 atom stereocenters. The van der Waals surface area contributed by atoms with Gasteiger partial charge in [-0.05, 0) is 54.8 Å². The van der Waals surface area contributed by atoms with Crippen molar-refractivity contribution >= 4 is 44.1 Å². The topological polar surface area (TPSA) is 114 Å².